The first kappa shape index (κ1) is 15.7. The van der Waals surface area contributed by atoms with E-state index in [1.54, 1.807) is 31.2 Å². The molecule has 0 heterocycles. The first-order valence-electron chi connectivity index (χ1n) is 5.74. The average molecular weight is 291 g/mol. The lowest BCUT2D eigenvalue weighted by molar-refractivity contribution is -0.132. The SMILES string of the molecule is C=C(/C=C\C(N)=C(/C)C(=N)c1cccc(Cl)c1)C(=O)O. The highest BCUT2D eigenvalue weighted by Gasteiger charge is 2.07. The minimum Gasteiger partial charge on any atom is -0.478 e. The van der Waals surface area contributed by atoms with Gasteiger partial charge in [-0.25, -0.2) is 4.79 Å². The molecule has 0 unspecified atom stereocenters. The summed E-state index contributed by atoms with van der Waals surface area (Å²) in [6.45, 7) is 5.05. The molecule has 4 N–H and O–H groups in total. The number of nitrogens with one attached hydrogen (secondary N) is 1. The monoisotopic (exact) mass is 290 g/mol. The molecule has 0 radical (unpaired) electrons. The van der Waals surface area contributed by atoms with Gasteiger partial charge in [0.15, 0.2) is 0 Å². The number of allylic oxidation sites excluding steroid dienone is 2. The van der Waals surface area contributed by atoms with E-state index in [2.05, 4.69) is 6.58 Å². The summed E-state index contributed by atoms with van der Waals surface area (Å²) >= 11 is 5.88. The molecule has 104 valence electrons. The van der Waals surface area contributed by atoms with Gasteiger partial charge in [0.2, 0.25) is 0 Å². The molecule has 1 rings (SSSR count). The Labute approximate surface area is 122 Å². The van der Waals surface area contributed by atoms with Gasteiger partial charge in [-0.3, -0.25) is 5.41 Å². The summed E-state index contributed by atoms with van der Waals surface area (Å²) < 4.78 is 0. The molecule has 5 heteroatoms. The van der Waals surface area contributed by atoms with Crippen LogP contribution in [-0.2, 0) is 4.79 Å². The Hall–Kier alpha value is -2.33. The Balaban J connectivity index is 3.00. The molecule has 1 aromatic rings. The van der Waals surface area contributed by atoms with Crippen molar-refractivity contribution in [3.05, 3.63) is 70.4 Å². The van der Waals surface area contributed by atoms with Crippen molar-refractivity contribution in [1.82, 2.24) is 0 Å². The molecule has 0 amide bonds. The fourth-order valence-electron chi connectivity index (χ4n) is 1.39. The quantitative estimate of drug-likeness (QED) is 0.442. The fourth-order valence-corrected chi connectivity index (χ4v) is 1.58. The van der Waals surface area contributed by atoms with Crippen molar-refractivity contribution >= 4 is 23.3 Å². The normalized spacial score (nSPS) is 12.1. The molecule has 0 bridgehead atoms. The van der Waals surface area contributed by atoms with Gasteiger partial charge in [0, 0.05) is 16.3 Å². The second kappa shape index (κ2) is 6.73. The molecule has 20 heavy (non-hydrogen) atoms. The molecule has 4 nitrogen and oxygen atoms in total. The Kier molecular flexibility index (Phi) is 5.29. The molecule has 0 saturated carbocycles. The van der Waals surface area contributed by atoms with E-state index in [-0.39, 0.29) is 11.3 Å². The predicted molar refractivity (Wildman–Crippen MR) is 81.1 cm³/mol. The van der Waals surface area contributed by atoms with Gasteiger partial charge in [-0.2, -0.15) is 0 Å². The topological polar surface area (TPSA) is 87.2 Å². The zero-order chi connectivity index (χ0) is 15.3. The van der Waals surface area contributed by atoms with Gasteiger partial charge < -0.3 is 10.8 Å². The molecule has 1 aromatic carbocycles. The van der Waals surface area contributed by atoms with Crippen molar-refractivity contribution in [2.24, 2.45) is 5.73 Å². The van der Waals surface area contributed by atoms with Crippen LogP contribution in [0.3, 0.4) is 0 Å². The first-order chi connectivity index (χ1) is 9.32. The van der Waals surface area contributed by atoms with Crippen LogP contribution in [0.2, 0.25) is 5.02 Å². The molecular weight excluding hydrogens is 276 g/mol. The molecule has 0 aromatic heterocycles. The molecule has 0 fully saturated rings. The number of carboxylic acid groups (broad SMARTS) is 1. The van der Waals surface area contributed by atoms with Gasteiger partial charge in [-0.1, -0.05) is 30.3 Å². The van der Waals surface area contributed by atoms with Crippen LogP contribution < -0.4 is 5.73 Å². The molecule has 0 aliphatic carbocycles. The summed E-state index contributed by atoms with van der Waals surface area (Å²) in [6, 6.07) is 6.89. The smallest absolute Gasteiger partial charge is 0.335 e. The average Bonchev–Trinajstić information content (AvgIpc) is 2.42. The van der Waals surface area contributed by atoms with E-state index in [9.17, 15) is 4.79 Å². The number of aliphatic carboxylic acids is 1. The van der Waals surface area contributed by atoms with E-state index < -0.39 is 5.97 Å². The van der Waals surface area contributed by atoms with Crippen LogP contribution in [-0.4, -0.2) is 16.8 Å². The maximum Gasteiger partial charge on any atom is 0.335 e. The standard InChI is InChI=1S/C15H15ClN2O2/c1-9(15(19)20)6-7-13(17)10(2)14(18)11-4-3-5-12(16)8-11/h3-8,18H,1,17H2,2H3,(H,19,20)/b7-6-,13-10-,18-14?. The summed E-state index contributed by atoms with van der Waals surface area (Å²) in [5.74, 6) is -1.11. The van der Waals surface area contributed by atoms with Gasteiger partial charge in [0.25, 0.3) is 0 Å². The van der Waals surface area contributed by atoms with E-state index in [1.807, 2.05) is 0 Å². The van der Waals surface area contributed by atoms with E-state index in [0.29, 0.717) is 21.9 Å². The highest BCUT2D eigenvalue weighted by Crippen LogP contribution is 2.15. The number of hydrogen-bond donors (Lipinski definition) is 3. The van der Waals surface area contributed by atoms with Crippen LogP contribution >= 0.6 is 11.6 Å². The largest absolute Gasteiger partial charge is 0.478 e. The number of carboxylic acids is 1. The maximum atomic E-state index is 10.6. The van der Waals surface area contributed by atoms with Crippen LogP contribution in [0.4, 0.5) is 0 Å². The highest BCUT2D eigenvalue weighted by atomic mass is 35.5. The lowest BCUT2D eigenvalue weighted by Gasteiger charge is -2.07. The third-order valence-electron chi connectivity index (χ3n) is 2.66. The summed E-state index contributed by atoms with van der Waals surface area (Å²) in [7, 11) is 0. The molecule has 0 spiro atoms. The lowest BCUT2D eigenvalue weighted by Crippen LogP contribution is -2.08. The van der Waals surface area contributed by atoms with Crippen LogP contribution in [0.25, 0.3) is 0 Å². The number of halogens is 1. The van der Waals surface area contributed by atoms with Crippen LogP contribution in [0, 0.1) is 5.41 Å². The summed E-state index contributed by atoms with van der Waals surface area (Å²) in [4.78, 5) is 10.6. The van der Waals surface area contributed by atoms with Crippen LogP contribution in [0.5, 0.6) is 0 Å². The van der Waals surface area contributed by atoms with E-state index in [1.165, 1.54) is 12.2 Å². The minimum atomic E-state index is -1.11. The van der Waals surface area contributed by atoms with Crippen molar-refractivity contribution in [1.29, 1.82) is 5.41 Å². The number of nitrogens with two attached hydrogens (primary N) is 1. The number of carbonyl (C=O) groups is 1. The van der Waals surface area contributed by atoms with Gasteiger partial charge in [-0.15, -0.1) is 0 Å². The van der Waals surface area contributed by atoms with Gasteiger partial charge in [0.05, 0.1) is 11.3 Å². The molecular formula is C15H15ClN2O2. The van der Waals surface area contributed by atoms with Gasteiger partial charge >= 0.3 is 5.97 Å². The molecule has 0 saturated heterocycles. The Morgan fingerprint density at radius 1 is 1.45 bits per heavy atom. The molecule has 0 atom stereocenters. The zero-order valence-electron chi connectivity index (χ0n) is 11.0. The summed E-state index contributed by atoms with van der Waals surface area (Å²) in [6.07, 6.45) is 2.72. The van der Waals surface area contributed by atoms with E-state index in [0.717, 1.165) is 0 Å². The first-order valence-corrected chi connectivity index (χ1v) is 6.12. The van der Waals surface area contributed by atoms with Crippen LogP contribution in [0.1, 0.15) is 12.5 Å². The second-order valence-electron chi connectivity index (χ2n) is 4.13. The molecule has 0 aliphatic rings. The van der Waals surface area contributed by atoms with Crippen molar-refractivity contribution in [3.63, 3.8) is 0 Å². The van der Waals surface area contributed by atoms with Crippen LogP contribution in [0.15, 0.2) is 59.8 Å². The Morgan fingerprint density at radius 3 is 2.65 bits per heavy atom. The maximum absolute atomic E-state index is 10.6. The van der Waals surface area contributed by atoms with Crippen molar-refractivity contribution in [3.8, 4) is 0 Å². The lowest BCUT2D eigenvalue weighted by atomic mass is 10.0. The van der Waals surface area contributed by atoms with Crippen molar-refractivity contribution in [2.75, 3.05) is 0 Å². The van der Waals surface area contributed by atoms with Gasteiger partial charge in [0.1, 0.15) is 0 Å². The zero-order valence-corrected chi connectivity index (χ0v) is 11.7. The number of benzene rings is 1. The predicted octanol–water partition coefficient (Wildman–Crippen LogP) is 3.14. The second-order valence-corrected chi connectivity index (χ2v) is 4.57. The number of rotatable bonds is 5. The minimum absolute atomic E-state index is 0.0740. The Morgan fingerprint density at radius 2 is 2.10 bits per heavy atom. The van der Waals surface area contributed by atoms with Crippen molar-refractivity contribution in [2.45, 2.75) is 6.92 Å². The van der Waals surface area contributed by atoms with E-state index in [4.69, 9.17) is 27.9 Å². The van der Waals surface area contributed by atoms with Crippen molar-refractivity contribution < 1.29 is 9.90 Å². The summed E-state index contributed by atoms with van der Waals surface area (Å²) in [5.41, 5.74) is 7.46. The van der Waals surface area contributed by atoms with Gasteiger partial charge in [-0.05, 0) is 36.8 Å². The Bertz CT molecular complexity index is 631. The van der Waals surface area contributed by atoms with E-state index >= 15 is 0 Å². The molecule has 0 aliphatic heterocycles. The summed E-state index contributed by atoms with van der Waals surface area (Å²) in [5, 5.41) is 17.3. The fraction of sp³-hybridized carbons (Fsp3) is 0.0667. The number of hydrogen-bond acceptors (Lipinski definition) is 3. The highest BCUT2D eigenvalue weighted by molar-refractivity contribution is 6.31. The third-order valence-corrected chi connectivity index (χ3v) is 2.90. The third kappa shape index (κ3) is 4.10.